The van der Waals surface area contributed by atoms with E-state index in [4.69, 9.17) is 5.73 Å². The van der Waals surface area contributed by atoms with Gasteiger partial charge in [0.1, 0.15) is 5.82 Å². The Morgan fingerprint density at radius 3 is 2.55 bits per heavy atom. The van der Waals surface area contributed by atoms with Gasteiger partial charge < -0.3 is 5.73 Å². The van der Waals surface area contributed by atoms with E-state index < -0.39 is 0 Å². The van der Waals surface area contributed by atoms with Gasteiger partial charge in [-0.1, -0.05) is 17.7 Å². The van der Waals surface area contributed by atoms with Crippen molar-refractivity contribution in [1.29, 1.82) is 0 Å². The number of aryl methyl sites for hydroxylation is 1. The van der Waals surface area contributed by atoms with Crippen LogP contribution in [-0.4, -0.2) is 0 Å². The zero-order chi connectivity index (χ0) is 8.43. The molecule has 1 nitrogen and oxygen atoms in total. The minimum Gasteiger partial charge on any atom is -0.324 e. The van der Waals surface area contributed by atoms with E-state index >= 15 is 0 Å². The summed E-state index contributed by atoms with van der Waals surface area (Å²) in [5, 5.41) is 0. The van der Waals surface area contributed by atoms with Crippen molar-refractivity contribution in [2.45, 2.75) is 19.9 Å². The number of nitrogens with two attached hydrogens (primary N) is 1. The van der Waals surface area contributed by atoms with Gasteiger partial charge in [-0.2, -0.15) is 0 Å². The third-order valence-corrected chi connectivity index (χ3v) is 1.64. The molecule has 0 heterocycles. The predicted molar refractivity (Wildman–Crippen MR) is 43.7 cm³/mol. The first-order chi connectivity index (χ1) is 5.11. The molecule has 2 heteroatoms. The van der Waals surface area contributed by atoms with E-state index in [0.29, 0.717) is 5.56 Å². The van der Waals surface area contributed by atoms with Crippen LogP contribution in [0.5, 0.6) is 0 Å². The Bertz CT molecular complexity index is 256. The van der Waals surface area contributed by atoms with Crippen LogP contribution in [0.4, 0.5) is 4.39 Å². The van der Waals surface area contributed by atoms with Gasteiger partial charge in [0.15, 0.2) is 0 Å². The van der Waals surface area contributed by atoms with Crippen molar-refractivity contribution in [3.63, 3.8) is 0 Å². The van der Waals surface area contributed by atoms with Gasteiger partial charge in [-0.15, -0.1) is 0 Å². The molecule has 1 aromatic rings. The van der Waals surface area contributed by atoms with Crippen molar-refractivity contribution < 1.29 is 4.39 Å². The van der Waals surface area contributed by atoms with Crippen LogP contribution in [0.2, 0.25) is 0 Å². The van der Waals surface area contributed by atoms with Crippen molar-refractivity contribution in [2.24, 2.45) is 5.73 Å². The molecule has 0 aliphatic rings. The summed E-state index contributed by atoms with van der Waals surface area (Å²) in [4.78, 5) is 0. The maximum atomic E-state index is 12.9. The summed E-state index contributed by atoms with van der Waals surface area (Å²) in [6.45, 7) is 3.70. The third kappa shape index (κ3) is 1.77. The fourth-order valence-electron chi connectivity index (χ4n) is 1.01. The lowest BCUT2D eigenvalue weighted by Gasteiger charge is -2.07. The molecule has 1 rings (SSSR count). The molecule has 0 aliphatic carbocycles. The Labute approximate surface area is 66.0 Å². The van der Waals surface area contributed by atoms with Gasteiger partial charge in [0, 0.05) is 11.6 Å². The Hall–Kier alpha value is -0.890. The monoisotopic (exact) mass is 153 g/mol. The van der Waals surface area contributed by atoms with E-state index in [-0.39, 0.29) is 11.9 Å². The Morgan fingerprint density at radius 2 is 2.09 bits per heavy atom. The van der Waals surface area contributed by atoms with Crippen molar-refractivity contribution in [1.82, 2.24) is 0 Å². The first-order valence-electron chi connectivity index (χ1n) is 3.63. The second-order valence-electron chi connectivity index (χ2n) is 2.81. The zero-order valence-electron chi connectivity index (χ0n) is 6.76. The van der Waals surface area contributed by atoms with Gasteiger partial charge in [-0.05, 0) is 19.9 Å². The summed E-state index contributed by atoms with van der Waals surface area (Å²) in [5.74, 6) is -0.217. The summed E-state index contributed by atoms with van der Waals surface area (Å²) >= 11 is 0. The van der Waals surface area contributed by atoms with E-state index in [9.17, 15) is 4.39 Å². The zero-order valence-corrected chi connectivity index (χ0v) is 6.76. The summed E-state index contributed by atoms with van der Waals surface area (Å²) < 4.78 is 12.9. The molecule has 11 heavy (non-hydrogen) atoms. The molecule has 1 atom stereocenters. The summed E-state index contributed by atoms with van der Waals surface area (Å²) in [5.41, 5.74) is 7.17. The second kappa shape index (κ2) is 3.01. The van der Waals surface area contributed by atoms with E-state index in [1.165, 1.54) is 6.07 Å². The minimum atomic E-state index is -0.227. The van der Waals surface area contributed by atoms with Crippen LogP contribution in [0, 0.1) is 12.7 Å². The van der Waals surface area contributed by atoms with Gasteiger partial charge in [0.25, 0.3) is 0 Å². The van der Waals surface area contributed by atoms with Crippen molar-refractivity contribution in [3.8, 4) is 0 Å². The lowest BCUT2D eigenvalue weighted by Crippen LogP contribution is -2.07. The molecule has 0 aliphatic heterocycles. The highest BCUT2D eigenvalue weighted by molar-refractivity contribution is 5.26. The average molecular weight is 153 g/mol. The van der Waals surface area contributed by atoms with Crippen LogP contribution in [0.25, 0.3) is 0 Å². The summed E-state index contributed by atoms with van der Waals surface area (Å²) in [7, 11) is 0. The molecular formula is C9H12FN. The maximum absolute atomic E-state index is 12.9. The molecule has 2 N–H and O–H groups in total. The smallest absolute Gasteiger partial charge is 0.127 e. The molecular weight excluding hydrogens is 141 g/mol. The normalized spacial score (nSPS) is 13.1. The first kappa shape index (κ1) is 8.21. The SMILES string of the molecule is Cc1ccc(F)c([C@H](C)N)c1. The molecule has 0 spiro atoms. The van der Waals surface area contributed by atoms with Gasteiger partial charge in [0.2, 0.25) is 0 Å². The lowest BCUT2D eigenvalue weighted by molar-refractivity contribution is 0.593. The molecule has 1 aromatic carbocycles. The molecule has 0 bridgehead atoms. The number of halogens is 1. The van der Waals surface area contributed by atoms with E-state index in [1.54, 1.807) is 19.1 Å². The second-order valence-corrected chi connectivity index (χ2v) is 2.81. The Morgan fingerprint density at radius 1 is 1.45 bits per heavy atom. The van der Waals surface area contributed by atoms with E-state index in [0.717, 1.165) is 5.56 Å². The molecule has 0 unspecified atom stereocenters. The number of hydrogen-bond donors (Lipinski definition) is 1. The fraction of sp³-hybridized carbons (Fsp3) is 0.333. The minimum absolute atomic E-state index is 0.217. The van der Waals surface area contributed by atoms with Gasteiger partial charge in [0.05, 0.1) is 0 Å². The van der Waals surface area contributed by atoms with Crippen molar-refractivity contribution in [2.75, 3.05) is 0 Å². The van der Waals surface area contributed by atoms with Crippen molar-refractivity contribution >= 4 is 0 Å². The topological polar surface area (TPSA) is 26.0 Å². The highest BCUT2D eigenvalue weighted by Gasteiger charge is 2.05. The van der Waals surface area contributed by atoms with Crippen LogP contribution in [-0.2, 0) is 0 Å². The average Bonchev–Trinajstić information content (AvgIpc) is 1.94. The fourth-order valence-corrected chi connectivity index (χ4v) is 1.01. The standard InChI is InChI=1S/C9H12FN/c1-6-3-4-9(10)8(5-6)7(2)11/h3-5,7H,11H2,1-2H3/t7-/m0/s1. The van der Waals surface area contributed by atoms with Gasteiger partial charge >= 0.3 is 0 Å². The first-order valence-corrected chi connectivity index (χ1v) is 3.63. The molecule has 0 radical (unpaired) electrons. The molecule has 0 aromatic heterocycles. The molecule has 60 valence electrons. The number of benzene rings is 1. The van der Waals surface area contributed by atoms with Gasteiger partial charge in [-0.3, -0.25) is 0 Å². The molecule has 0 fully saturated rings. The van der Waals surface area contributed by atoms with Crippen LogP contribution >= 0.6 is 0 Å². The maximum Gasteiger partial charge on any atom is 0.127 e. The Kier molecular flexibility index (Phi) is 2.25. The number of rotatable bonds is 1. The molecule has 0 amide bonds. The summed E-state index contributed by atoms with van der Waals surface area (Å²) in [6, 6.07) is 4.74. The quantitative estimate of drug-likeness (QED) is 0.657. The third-order valence-electron chi connectivity index (χ3n) is 1.64. The highest BCUT2D eigenvalue weighted by Crippen LogP contribution is 2.15. The lowest BCUT2D eigenvalue weighted by atomic mass is 10.1. The Balaban J connectivity index is 3.13. The van der Waals surface area contributed by atoms with Crippen LogP contribution < -0.4 is 5.73 Å². The molecule has 0 saturated carbocycles. The van der Waals surface area contributed by atoms with Crippen molar-refractivity contribution in [3.05, 3.63) is 35.1 Å². The largest absolute Gasteiger partial charge is 0.324 e. The van der Waals surface area contributed by atoms with Gasteiger partial charge in [-0.25, -0.2) is 4.39 Å². The van der Waals surface area contributed by atoms with Crippen LogP contribution in [0.3, 0.4) is 0 Å². The number of hydrogen-bond acceptors (Lipinski definition) is 1. The van der Waals surface area contributed by atoms with E-state index in [1.807, 2.05) is 6.92 Å². The predicted octanol–water partition coefficient (Wildman–Crippen LogP) is 2.15. The molecule has 0 saturated heterocycles. The van der Waals surface area contributed by atoms with Crippen LogP contribution in [0.1, 0.15) is 24.1 Å². The van der Waals surface area contributed by atoms with E-state index in [2.05, 4.69) is 0 Å². The highest BCUT2D eigenvalue weighted by atomic mass is 19.1. The summed E-state index contributed by atoms with van der Waals surface area (Å²) in [6.07, 6.45) is 0. The van der Waals surface area contributed by atoms with Crippen LogP contribution in [0.15, 0.2) is 18.2 Å².